The second-order valence-corrected chi connectivity index (χ2v) is 8.03. The SMILES string of the molecule is COC(=O)c1cccc(NC(=O)[C@@H]2CCCN2C(=O)c2ccc(-n3cnc(C)c3)c(OC)c2)c1. The van der Waals surface area contributed by atoms with Crippen LogP contribution in [0.25, 0.3) is 5.69 Å². The zero-order valence-electron chi connectivity index (χ0n) is 19.3. The molecule has 1 aliphatic heterocycles. The van der Waals surface area contributed by atoms with Crippen LogP contribution in [0, 0.1) is 6.92 Å². The number of methoxy groups -OCH3 is 2. The number of aryl methyl sites for hydroxylation is 1. The molecular weight excluding hydrogens is 436 g/mol. The molecule has 9 heteroatoms. The number of nitrogens with zero attached hydrogens (tertiary/aromatic N) is 3. The third-order valence-corrected chi connectivity index (χ3v) is 5.78. The van der Waals surface area contributed by atoms with Gasteiger partial charge in [0.1, 0.15) is 11.8 Å². The average molecular weight is 463 g/mol. The van der Waals surface area contributed by atoms with Crippen LogP contribution in [-0.4, -0.2) is 59.0 Å². The smallest absolute Gasteiger partial charge is 0.337 e. The van der Waals surface area contributed by atoms with Gasteiger partial charge in [-0.05, 0) is 56.2 Å². The molecule has 176 valence electrons. The fraction of sp³-hybridized carbons (Fsp3) is 0.280. The van der Waals surface area contributed by atoms with Gasteiger partial charge in [-0.25, -0.2) is 9.78 Å². The van der Waals surface area contributed by atoms with Crippen molar-refractivity contribution in [2.45, 2.75) is 25.8 Å². The summed E-state index contributed by atoms with van der Waals surface area (Å²) in [6.45, 7) is 2.37. The van der Waals surface area contributed by atoms with Crippen LogP contribution in [0.5, 0.6) is 5.75 Å². The molecule has 0 bridgehead atoms. The summed E-state index contributed by atoms with van der Waals surface area (Å²) in [7, 11) is 2.85. The molecule has 1 aromatic heterocycles. The molecular formula is C25H26N4O5. The number of likely N-dealkylation sites (tertiary alicyclic amines) is 1. The highest BCUT2D eigenvalue weighted by Crippen LogP contribution is 2.28. The zero-order valence-corrected chi connectivity index (χ0v) is 19.3. The minimum Gasteiger partial charge on any atom is -0.495 e. The molecule has 1 atom stereocenters. The van der Waals surface area contributed by atoms with Crippen molar-refractivity contribution < 1.29 is 23.9 Å². The summed E-state index contributed by atoms with van der Waals surface area (Å²) in [4.78, 5) is 43.9. The number of hydrogen-bond donors (Lipinski definition) is 1. The van der Waals surface area contributed by atoms with E-state index < -0.39 is 12.0 Å². The number of esters is 1. The molecule has 1 saturated heterocycles. The number of nitrogens with one attached hydrogen (secondary N) is 1. The first-order valence-corrected chi connectivity index (χ1v) is 10.9. The molecule has 1 aliphatic rings. The van der Waals surface area contributed by atoms with Gasteiger partial charge in [-0.1, -0.05) is 6.07 Å². The van der Waals surface area contributed by atoms with E-state index in [-0.39, 0.29) is 11.8 Å². The molecule has 34 heavy (non-hydrogen) atoms. The number of hydrogen-bond acceptors (Lipinski definition) is 6. The number of aromatic nitrogens is 2. The molecule has 4 rings (SSSR count). The molecule has 3 aromatic rings. The van der Waals surface area contributed by atoms with E-state index in [9.17, 15) is 14.4 Å². The Morgan fingerprint density at radius 1 is 1.09 bits per heavy atom. The van der Waals surface area contributed by atoms with Crippen molar-refractivity contribution in [1.82, 2.24) is 14.5 Å². The normalized spacial score (nSPS) is 15.1. The Labute approximate surface area is 197 Å². The van der Waals surface area contributed by atoms with E-state index in [0.717, 1.165) is 17.8 Å². The fourth-order valence-electron chi connectivity index (χ4n) is 4.09. The van der Waals surface area contributed by atoms with E-state index in [1.807, 2.05) is 17.7 Å². The van der Waals surface area contributed by atoms with Gasteiger partial charge in [0.2, 0.25) is 5.91 Å². The molecule has 9 nitrogen and oxygen atoms in total. The predicted molar refractivity (Wildman–Crippen MR) is 125 cm³/mol. The fourth-order valence-corrected chi connectivity index (χ4v) is 4.09. The maximum Gasteiger partial charge on any atom is 0.337 e. The highest BCUT2D eigenvalue weighted by molar-refractivity contribution is 6.02. The maximum absolute atomic E-state index is 13.3. The standard InChI is InChI=1S/C25H26N4O5/c1-16-14-28(15-26-16)20-10-9-17(13-22(20)33-2)24(31)29-11-5-8-21(29)23(30)27-19-7-4-6-18(12-19)25(32)34-3/h4,6-7,9-10,12-15,21H,5,8,11H2,1-3H3,(H,27,30)/t21-/m0/s1. The first kappa shape index (κ1) is 23.0. The minimum absolute atomic E-state index is 0.243. The molecule has 0 spiro atoms. The van der Waals surface area contributed by atoms with E-state index in [2.05, 4.69) is 10.3 Å². The summed E-state index contributed by atoms with van der Waals surface area (Å²) in [5.41, 5.74) is 2.87. The van der Waals surface area contributed by atoms with Crippen LogP contribution < -0.4 is 10.1 Å². The van der Waals surface area contributed by atoms with E-state index in [4.69, 9.17) is 9.47 Å². The van der Waals surface area contributed by atoms with Crippen molar-refractivity contribution in [3.8, 4) is 11.4 Å². The van der Waals surface area contributed by atoms with Crippen LogP contribution in [0.4, 0.5) is 5.69 Å². The van der Waals surface area contributed by atoms with Crippen molar-refractivity contribution in [2.75, 3.05) is 26.1 Å². The van der Waals surface area contributed by atoms with Crippen LogP contribution in [0.2, 0.25) is 0 Å². The summed E-state index contributed by atoms with van der Waals surface area (Å²) >= 11 is 0. The highest BCUT2D eigenvalue weighted by Gasteiger charge is 2.35. The van der Waals surface area contributed by atoms with E-state index in [1.54, 1.807) is 60.8 Å². The second kappa shape index (κ2) is 9.78. The summed E-state index contributed by atoms with van der Waals surface area (Å²) in [6.07, 6.45) is 4.83. The highest BCUT2D eigenvalue weighted by atomic mass is 16.5. The van der Waals surface area contributed by atoms with E-state index >= 15 is 0 Å². The minimum atomic E-state index is -0.615. The van der Waals surface area contributed by atoms with Gasteiger partial charge in [-0.3, -0.25) is 9.59 Å². The summed E-state index contributed by atoms with van der Waals surface area (Å²) in [6, 6.07) is 11.1. The molecule has 2 amide bonds. The number of carbonyl (C=O) groups excluding carboxylic acids is 3. The van der Waals surface area contributed by atoms with Gasteiger partial charge >= 0.3 is 5.97 Å². The maximum atomic E-state index is 13.3. The first-order chi connectivity index (χ1) is 16.4. The lowest BCUT2D eigenvalue weighted by Crippen LogP contribution is -2.43. The van der Waals surface area contributed by atoms with Gasteiger partial charge in [-0.15, -0.1) is 0 Å². The number of anilines is 1. The molecule has 0 radical (unpaired) electrons. The Balaban J connectivity index is 1.52. The van der Waals surface area contributed by atoms with Crippen LogP contribution in [0.15, 0.2) is 55.0 Å². The third kappa shape index (κ3) is 4.63. The van der Waals surface area contributed by atoms with Crippen LogP contribution in [0.3, 0.4) is 0 Å². The number of amides is 2. The van der Waals surface area contributed by atoms with Crippen molar-refractivity contribution >= 4 is 23.5 Å². The van der Waals surface area contributed by atoms with Crippen molar-refractivity contribution in [2.24, 2.45) is 0 Å². The monoisotopic (exact) mass is 462 g/mol. The topological polar surface area (TPSA) is 103 Å². The van der Waals surface area contributed by atoms with Crippen molar-refractivity contribution in [3.63, 3.8) is 0 Å². The van der Waals surface area contributed by atoms with Crippen LogP contribution in [0.1, 0.15) is 39.3 Å². The molecule has 1 fully saturated rings. The Morgan fingerprint density at radius 3 is 2.62 bits per heavy atom. The van der Waals surface area contributed by atoms with Crippen molar-refractivity contribution in [1.29, 1.82) is 0 Å². The van der Waals surface area contributed by atoms with Crippen LogP contribution >= 0.6 is 0 Å². The average Bonchev–Trinajstić information content (AvgIpc) is 3.52. The molecule has 2 aromatic carbocycles. The predicted octanol–water partition coefficient (Wildman–Crippen LogP) is 3.22. The Kier molecular flexibility index (Phi) is 6.62. The molecule has 2 heterocycles. The number of imidazole rings is 1. The number of carbonyl (C=O) groups is 3. The molecule has 0 aliphatic carbocycles. The number of ether oxygens (including phenoxy) is 2. The lowest BCUT2D eigenvalue weighted by molar-refractivity contribution is -0.119. The lowest BCUT2D eigenvalue weighted by atomic mass is 10.1. The summed E-state index contributed by atoms with van der Waals surface area (Å²) in [5, 5.41) is 2.82. The number of benzene rings is 2. The van der Waals surface area contributed by atoms with Gasteiger partial charge in [0, 0.05) is 24.0 Å². The van der Waals surface area contributed by atoms with Gasteiger partial charge < -0.3 is 24.3 Å². The van der Waals surface area contributed by atoms with Crippen LogP contribution in [-0.2, 0) is 9.53 Å². The quantitative estimate of drug-likeness (QED) is 0.565. The number of rotatable bonds is 6. The lowest BCUT2D eigenvalue weighted by Gasteiger charge is -2.24. The molecule has 0 unspecified atom stereocenters. The van der Waals surface area contributed by atoms with Crippen molar-refractivity contribution in [3.05, 3.63) is 71.8 Å². The van der Waals surface area contributed by atoms with Gasteiger partial charge in [0.05, 0.1) is 37.5 Å². The molecule has 1 N–H and O–H groups in total. The Hall–Kier alpha value is -4.14. The Morgan fingerprint density at radius 2 is 1.91 bits per heavy atom. The first-order valence-electron chi connectivity index (χ1n) is 10.9. The molecule has 0 saturated carbocycles. The van der Waals surface area contributed by atoms with E-state index in [1.165, 1.54) is 7.11 Å². The second-order valence-electron chi connectivity index (χ2n) is 8.03. The van der Waals surface area contributed by atoms with Gasteiger partial charge in [0.25, 0.3) is 5.91 Å². The van der Waals surface area contributed by atoms with E-state index in [0.29, 0.717) is 35.5 Å². The van der Waals surface area contributed by atoms with Gasteiger partial charge in [0.15, 0.2) is 0 Å². The van der Waals surface area contributed by atoms with Gasteiger partial charge in [-0.2, -0.15) is 0 Å². The summed E-state index contributed by atoms with van der Waals surface area (Å²) in [5.74, 6) is -0.502. The Bertz CT molecular complexity index is 1240. The largest absolute Gasteiger partial charge is 0.495 e. The zero-order chi connectivity index (χ0) is 24.2. The third-order valence-electron chi connectivity index (χ3n) is 5.78. The summed E-state index contributed by atoms with van der Waals surface area (Å²) < 4.78 is 12.1.